The fourth-order valence-corrected chi connectivity index (χ4v) is 3.11. The number of halogens is 1. The largest absolute Gasteiger partial charge is 0.493 e. The Labute approximate surface area is 206 Å². The maximum Gasteiger partial charge on any atom is 0.203 e. The number of benzene rings is 2. The first-order chi connectivity index (χ1) is 15.2. The third-order valence-electron chi connectivity index (χ3n) is 4.65. The zero-order valence-corrected chi connectivity index (χ0v) is 21.1. The third kappa shape index (κ3) is 6.52. The Balaban J connectivity index is 0.00000363. The molecule has 0 fully saturated rings. The van der Waals surface area contributed by atoms with Crippen LogP contribution in [-0.2, 0) is 13.1 Å². The van der Waals surface area contributed by atoms with Gasteiger partial charge < -0.3 is 24.8 Å². The first-order valence-electron chi connectivity index (χ1n) is 10.1. The third-order valence-corrected chi connectivity index (χ3v) is 4.65. The lowest BCUT2D eigenvalue weighted by atomic mass is 10.2. The highest BCUT2D eigenvalue weighted by atomic mass is 127. The van der Waals surface area contributed by atoms with Crippen molar-refractivity contribution in [3.05, 3.63) is 66.0 Å². The minimum atomic E-state index is 0. The van der Waals surface area contributed by atoms with E-state index in [-0.39, 0.29) is 24.0 Å². The molecule has 0 spiro atoms. The van der Waals surface area contributed by atoms with Gasteiger partial charge in [0.1, 0.15) is 0 Å². The van der Waals surface area contributed by atoms with Crippen molar-refractivity contribution in [1.29, 1.82) is 0 Å². The Kier molecular flexibility index (Phi) is 10.1. The van der Waals surface area contributed by atoms with Crippen LogP contribution in [0.3, 0.4) is 0 Å². The van der Waals surface area contributed by atoms with Gasteiger partial charge in [0.2, 0.25) is 5.75 Å². The van der Waals surface area contributed by atoms with Crippen molar-refractivity contribution in [2.24, 2.45) is 4.99 Å². The van der Waals surface area contributed by atoms with E-state index < -0.39 is 0 Å². The minimum Gasteiger partial charge on any atom is -0.493 e. The summed E-state index contributed by atoms with van der Waals surface area (Å²) in [7, 11) is 4.80. The lowest BCUT2D eigenvalue weighted by molar-refractivity contribution is 0.324. The maximum absolute atomic E-state index is 5.42. The predicted octanol–water partition coefficient (Wildman–Crippen LogP) is 3.77. The molecular formula is C23H30IN5O3. The summed E-state index contributed by atoms with van der Waals surface area (Å²) in [5.74, 6) is 2.53. The SMILES string of the molecule is CCNC(=NCc1cc(OC)c(OC)c(OC)c1)NCc1ccc(-n2cccn2)cc1.I. The number of aromatic nitrogens is 2. The molecule has 3 aromatic rings. The van der Waals surface area contributed by atoms with E-state index in [0.717, 1.165) is 29.3 Å². The molecule has 172 valence electrons. The molecular weight excluding hydrogens is 521 g/mol. The van der Waals surface area contributed by atoms with E-state index in [1.165, 1.54) is 0 Å². The highest BCUT2D eigenvalue weighted by molar-refractivity contribution is 14.0. The van der Waals surface area contributed by atoms with Crippen LogP contribution in [0.25, 0.3) is 5.69 Å². The van der Waals surface area contributed by atoms with E-state index in [2.05, 4.69) is 27.9 Å². The topological polar surface area (TPSA) is 81.9 Å². The molecule has 9 heteroatoms. The van der Waals surface area contributed by atoms with E-state index in [0.29, 0.717) is 30.3 Å². The van der Waals surface area contributed by atoms with E-state index in [1.54, 1.807) is 27.5 Å². The molecule has 0 bridgehead atoms. The Morgan fingerprint density at radius 2 is 1.66 bits per heavy atom. The molecule has 0 aliphatic heterocycles. The van der Waals surface area contributed by atoms with Gasteiger partial charge in [0.15, 0.2) is 17.5 Å². The molecule has 3 rings (SSSR count). The number of nitrogens with one attached hydrogen (secondary N) is 2. The van der Waals surface area contributed by atoms with Gasteiger partial charge in [-0.2, -0.15) is 5.10 Å². The second kappa shape index (κ2) is 12.8. The quantitative estimate of drug-likeness (QED) is 0.240. The van der Waals surface area contributed by atoms with Crippen LogP contribution in [0.5, 0.6) is 17.2 Å². The molecule has 0 aliphatic carbocycles. The maximum atomic E-state index is 5.42. The molecule has 2 aromatic carbocycles. The van der Waals surface area contributed by atoms with Crippen molar-refractivity contribution >= 4 is 29.9 Å². The summed E-state index contributed by atoms with van der Waals surface area (Å²) in [5.41, 5.74) is 3.13. The number of rotatable bonds is 9. The molecule has 0 atom stereocenters. The first-order valence-corrected chi connectivity index (χ1v) is 10.1. The van der Waals surface area contributed by atoms with Crippen molar-refractivity contribution in [2.45, 2.75) is 20.0 Å². The normalized spacial score (nSPS) is 10.8. The molecule has 0 unspecified atom stereocenters. The predicted molar refractivity (Wildman–Crippen MR) is 137 cm³/mol. The Hall–Kier alpha value is -2.95. The van der Waals surface area contributed by atoms with Gasteiger partial charge in [-0.15, -0.1) is 24.0 Å². The van der Waals surface area contributed by atoms with E-state index in [9.17, 15) is 0 Å². The van der Waals surface area contributed by atoms with Gasteiger partial charge in [0.25, 0.3) is 0 Å². The number of methoxy groups -OCH3 is 3. The lowest BCUT2D eigenvalue weighted by Gasteiger charge is -2.14. The van der Waals surface area contributed by atoms with Gasteiger partial charge in [0, 0.05) is 25.5 Å². The van der Waals surface area contributed by atoms with Gasteiger partial charge in [-0.05, 0) is 48.4 Å². The Bertz CT molecular complexity index is 966. The lowest BCUT2D eigenvalue weighted by Crippen LogP contribution is -2.36. The number of nitrogens with zero attached hydrogens (tertiary/aromatic N) is 3. The molecule has 0 saturated heterocycles. The highest BCUT2D eigenvalue weighted by Gasteiger charge is 2.13. The number of hydrogen-bond donors (Lipinski definition) is 2. The average molecular weight is 551 g/mol. The summed E-state index contributed by atoms with van der Waals surface area (Å²) in [6.07, 6.45) is 3.69. The molecule has 0 aliphatic rings. The molecule has 1 heterocycles. The zero-order valence-electron chi connectivity index (χ0n) is 18.8. The molecule has 2 N–H and O–H groups in total. The Morgan fingerprint density at radius 1 is 0.969 bits per heavy atom. The molecule has 32 heavy (non-hydrogen) atoms. The summed E-state index contributed by atoms with van der Waals surface area (Å²) in [4.78, 5) is 4.69. The van der Waals surface area contributed by atoms with E-state index in [4.69, 9.17) is 19.2 Å². The molecule has 1 aromatic heterocycles. The standard InChI is InChI=1S/C23H29N5O3.HI/c1-5-24-23(25-15-17-7-9-19(10-8-17)28-12-6-11-27-28)26-16-18-13-20(29-2)22(31-4)21(14-18)30-3;/h6-14H,5,15-16H2,1-4H3,(H2,24,25,26);1H. The van der Waals surface area contributed by atoms with Crippen LogP contribution in [0.1, 0.15) is 18.1 Å². The average Bonchev–Trinajstić information content (AvgIpc) is 3.35. The van der Waals surface area contributed by atoms with E-state index in [1.807, 2.05) is 48.1 Å². The number of ether oxygens (including phenoxy) is 3. The first kappa shape index (κ1) is 25.3. The van der Waals surface area contributed by atoms with Crippen LogP contribution in [0, 0.1) is 0 Å². The number of guanidine groups is 1. The van der Waals surface area contributed by atoms with Crippen molar-refractivity contribution in [3.63, 3.8) is 0 Å². The van der Waals surface area contributed by atoms with Gasteiger partial charge >= 0.3 is 0 Å². The van der Waals surface area contributed by atoms with Gasteiger partial charge in [-0.1, -0.05) is 12.1 Å². The summed E-state index contributed by atoms with van der Waals surface area (Å²) in [5, 5.41) is 10.9. The fraction of sp³-hybridized carbons (Fsp3) is 0.304. The summed E-state index contributed by atoms with van der Waals surface area (Å²) < 4.78 is 18.1. The van der Waals surface area contributed by atoms with Crippen molar-refractivity contribution < 1.29 is 14.2 Å². The molecule has 0 radical (unpaired) electrons. The van der Waals surface area contributed by atoms with Crippen LogP contribution >= 0.6 is 24.0 Å². The molecule has 0 saturated carbocycles. The van der Waals surface area contributed by atoms with Gasteiger partial charge in [-0.3, -0.25) is 0 Å². The number of aliphatic imine (C=N–C) groups is 1. The molecule has 8 nitrogen and oxygen atoms in total. The monoisotopic (exact) mass is 551 g/mol. The number of hydrogen-bond acceptors (Lipinski definition) is 5. The highest BCUT2D eigenvalue weighted by Crippen LogP contribution is 2.38. The fourth-order valence-electron chi connectivity index (χ4n) is 3.11. The van der Waals surface area contributed by atoms with Crippen molar-refractivity contribution in [3.8, 4) is 22.9 Å². The minimum absolute atomic E-state index is 0. The zero-order chi connectivity index (χ0) is 22.1. The summed E-state index contributed by atoms with van der Waals surface area (Å²) >= 11 is 0. The van der Waals surface area contributed by atoms with Gasteiger partial charge in [0.05, 0.1) is 33.6 Å². The van der Waals surface area contributed by atoms with Crippen molar-refractivity contribution in [2.75, 3.05) is 27.9 Å². The van der Waals surface area contributed by atoms with Crippen LogP contribution in [0.2, 0.25) is 0 Å². The smallest absolute Gasteiger partial charge is 0.203 e. The Morgan fingerprint density at radius 3 is 2.19 bits per heavy atom. The van der Waals surface area contributed by atoms with Crippen LogP contribution in [-0.4, -0.2) is 43.6 Å². The van der Waals surface area contributed by atoms with Crippen molar-refractivity contribution in [1.82, 2.24) is 20.4 Å². The second-order valence-corrected chi connectivity index (χ2v) is 6.70. The summed E-state index contributed by atoms with van der Waals surface area (Å²) in [6, 6.07) is 14.0. The molecule has 0 amide bonds. The van der Waals surface area contributed by atoms with Crippen LogP contribution < -0.4 is 24.8 Å². The van der Waals surface area contributed by atoms with Gasteiger partial charge in [-0.25, -0.2) is 9.67 Å². The van der Waals surface area contributed by atoms with Crippen LogP contribution in [0.15, 0.2) is 59.9 Å². The summed E-state index contributed by atoms with van der Waals surface area (Å²) in [6.45, 7) is 3.92. The van der Waals surface area contributed by atoms with E-state index >= 15 is 0 Å². The second-order valence-electron chi connectivity index (χ2n) is 6.70. The van der Waals surface area contributed by atoms with Crippen LogP contribution in [0.4, 0.5) is 0 Å².